The molecule has 2 aliphatic heterocycles. The van der Waals surface area contributed by atoms with Gasteiger partial charge in [-0.25, -0.2) is 0 Å². The van der Waals surface area contributed by atoms with E-state index in [1.807, 2.05) is 18.2 Å². The first-order chi connectivity index (χ1) is 14.4. The molecule has 0 radical (unpaired) electrons. The highest BCUT2D eigenvalue weighted by molar-refractivity contribution is 6.05. The first-order valence-corrected chi connectivity index (χ1v) is 11.1. The summed E-state index contributed by atoms with van der Waals surface area (Å²) in [5.74, 6) is 0.564. The maximum absolute atomic E-state index is 12.9. The highest BCUT2D eigenvalue weighted by Gasteiger charge is 2.40. The number of carbonyl (C=O) groups is 3. The zero-order valence-corrected chi connectivity index (χ0v) is 18.0. The van der Waals surface area contributed by atoms with Crippen LogP contribution in [0.3, 0.4) is 0 Å². The molecule has 0 bridgehead atoms. The highest BCUT2D eigenvalue weighted by Crippen LogP contribution is 2.35. The lowest BCUT2D eigenvalue weighted by atomic mass is 10.0. The van der Waals surface area contributed by atoms with Gasteiger partial charge in [0.05, 0.1) is 0 Å². The Hall–Kier alpha value is -2.41. The summed E-state index contributed by atoms with van der Waals surface area (Å²) in [5.41, 5.74) is 1.50. The average Bonchev–Trinajstić information content (AvgIpc) is 3.23. The van der Waals surface area contributed by atoms with Crippen LogP contribution < -0.4 is 10.1 Å². The topological polar surface area (TPSA) is 79.0 Å². The molecule has 0 aromatic heterocycles. The summed E-state index contributed by atoms with van der Waals surface area (Å²) >= 11 is 0. The number of nitrogens with one attached hydrogen (secondary N) is 1. The van der Waals surface area contributed by atoms with Crippen molar-refractivity contribution < 1.29 is 19.1 Å². The Bertz CT molecular complexity index is 851. The number of fused-ring (bicyclic) bond motifs is 1. The van der Waals surface area contributed by atoms with Gasteiger partial charge in [0.15, 0.2) is 0 Å². The largest absolute Gasteiger partial charge is 0.489 e. The van der Waals surface area contributed by atoms with Crippen LogP contribution in [0.1, 0.15) is 62.4 Å². The molecule has 7 nitrogen and oxygen atoms in total. The van der Waals surface area contributed by atoms with E-state index in [-0.39, 0.29) is 30.2 Å². The second-order valence-corrected chi connectivity index (χ2v) is 8.64. The van der Waals surface area contributed by atoms with E-state index in [9.17, 15) is 14.4 Å². The maximum atomic E-state index is 12.9. The fourth-order valence-electron chi connectivity index (χ4n) is 5.30. The lowest BCUT2D eigenvalue weighted by molar-refractivity contribution is -0.136. The van der Waals surface area contributed by atoms with Gasteiger partial charge in [-0.1, -0.05) is 20.8 Å². The van der Waals surface area contributed by atoms with Crippen LogP contribution >= 0.6 is 0 Å². The second-order valence-electron chi connectivity index (χ2n) is 8.64. The number of ether oxygens (including phenoxy) is 1. The molecule has 1 saturated heterocycles. The van der Waals surface area contributed by atoms with Gasteiger partial charge >= 0.3 is 0 Å². The number of imide groups is 1. The Morgan fingerprint density at radius 1 is 1.13 bits per heavy atom. The minimum absolute atomic E-state index is 0.140. The van der Waals surface area contributed by atoms with Gasteiger partial charge in [0.25, 0.3) is 5.91 Å². The summed E-state index contributed by atoms with van der Waals surface area (Å²) in [5, 5.41) is 2.34. The summed E-state index contributed by atoms with van der Waals surface area (Å²) in [6.07, 6.45) is 2.96. The lowest BCUT2D eigenvalue weighted by Gasteiger charge is -2.34. The molecule has 1 aliphatic carbocycles. The van der Waals surface area contributed by atoms with Gasteiger partial charge in [0.1, 0.15) is 17.9 Å². The van der Waals surface area contributed by atoms with E-state index in [2.05, 4.69) is 31.0 Å². The van der Waals surface area contributed by atoms with E-state index < -0.39 is 6.04 Å². The summed E-state index contributed by atoms with van der Waals surface area (Å²) in [4.78, 5) is 40.6. The predicted molar refractivity (Wildman–Crippen MR) is 112 cm³/mol. The van der Waals surface area contributed by atoms with Crippen LogP contribution in [0.2, 0.25) is 0 Å². The molecule has 1 N–H and O–H groups in total. The third-order valence-electron chi connectivity index (χ3n) is 6.89. The molecule has 4 atom stereocenters. The Balaban J connectivity index is 1.49. The van der Waals surface area contributed by atoms with Crippen LogP contribution in [-0.2, 0) is 16.1 Å². The van der Waals surface area contributed by atoms with Crippen LogP contribution in [0.4, 0.5) is 0 Å². The summed E-state index contributed by atoms with van der Waals surface area (Å²) in [6, 6.07) is 5.43. The number of piperidine rings is 1. The van der Waals surface area contributed by atoms with E-state index in [0.29, 0.717) is 30.5 Å². The van der Waals surface area contributed by atoms with Crippen molar-refractivity contribution in [3.8, 4) is 5.75 Å². The lowest BCUT2D eigenvalue weighted by Crippen LogP contribution is -2.52. The number of rotatable bonds is 6. The smallest absolute Gasteiger partial charge is 0.255 e. The molecule has 2 heterocycles. The van der Waals surface area contributed by atoms with Crippen LogP contribution in [-0.4, -0.2) is 58.8 Å². The molecule has 2 fully saturated rings. The minimum atomic E-state index is -0.588. The fraction of sp³-hybridized carbons (Fsp3) is 0.609. The van der Waals surface area contributed by atoms with E-state index in [4.69, 9.17) is 4.74 Å². The van der Waals surface area contributed by atoms with Crippen molar-refractivity contribution in [2.45, 2.75) is 71.2 Å². The fourth-order valence-corrected chi connectivity index (χ4v) is 5.30. The van der Waals surface area contributed by atoms with Gasteiger partial charge in [0, 0.05) is 24.6 Å². The maximum Gasteiger partial charge on any atom is 0.255 e. The SMILES string of the molecule is CCN(CC)[C@@H]1C(C)CC[C@@H]1Oc1ccc2c(c1)CN(C1CCC(=O)NC1=O)C2=O. The normalized spacial score (nSPS) is 28.8. The third kappa shape index (κ3) is 3.71. The molecule has 3 amide bonds. The number of hydrogen-bond acceptors (Lipinski definition) is 5. The van der Waals surface area contributed by atoms with Gasteiger partial charge in [-0.3, -0.25) is 24.6 Å². The van der Waals surface area contributed by atoms with Crippen molar-refractivity contribution >= 4 is 17.7 Å². The first kappa shape index (κ1) is 20.8. The van der Waals surface area contributed by atoms with Gasteiger partial charge in [-0.15, -0.1) is 0 Å². The van der Waals surface area contributed by atoms with Crippen molar-refractivity contribution in [1.29, 1.82) is 0 Å². The third-order valence-corrected chi connectivity index (χ3v) is 6.89. The molecule has 1 aromatic rings. The molecule has 2 unspecified atom stereocenters. The highest BCUT2D eigenvalue weighted by atomic mass is 16.5. The van der Waals surface area contributed by atoms with Gasteiger partial charge < -0.3 is 9.64 Å². The van der Waals surface area contributed by atoms with Crippen LogP contribution in [0.15, 0.2) is 18.2 Å². The number of likely N-dealkylation sites (N-methyl/N-ethyl adjacent to an activating group) is 1. The Morgan fingerprint density at radius 3 is 2.60 bits per heavy atom. The quantitative estimate of drug-likeness (QED) is 0.724. The van der Waals surface area contributed by atoms with Crippen molar-refractivity contribution in [2.24, 2.45) is 5.92 Å². The summed E-state index contributed by atoms with van der Waals surface area (Å²) in [7, 11) is 0. The number of carbonyl (C=O) groups excluding carboxylic acids is 3. The summed E-state index contributed by atoms with van der Waals surface area (Å²) in [6.45, 7) is 9.06. The molecular formula is C23H31N3O4. The Labute approximate surface area is 177 Å². The van der Waals surface area contributed by atoms with Crippen molar-refractivity contribution in [3.63, 3.8) is 0 Å². The molecule has 7 heteroatoms. The molecule has 1 saturated carbocycles. The minimum Gasteiger partial charge on any atom is -0.489 e. The number of hydrogen-bond donors (Lipinski definition) is 1. The second kappa shape index (κ2) is 8.38. The van der Waals surface area contributed by atoms with E-state index in [1.165, 1.54) is 0 Å². The number of nitrogens with zero attached hydrogens (tertiary/aromatic N) is 2. The molecule has 4 rings (SSSR count). The predicted octanol–water partition coefficient (Wildman–Crippen LogP) is 2.34. The van der Waals surface area contributed by atoms with Gasteiger partial charge in [0.2, 0.25) is 11.8 Å². The zero-order chi connectivity index (χ0) is 21.4. The van der Waals surface area contributed by atoms with E-state index >= 15 is 0 Å². The van der Waals surface area contributed by atoms with Crippen molar-refractivity contribution in [3.05, 3.63) is 29.3 Å². The van der Waals surface area contributed by atoms with E-state index in [0.717, 1.165) is 37.2 Å². The number of amides is 3. The molecule has 0 spiro atoms. The number of benzene rings is 1. The molecular weight excluding hydrogens is 382 g/mol. The van der Waals surface area contributed by atoms with Gasteiger partial charge in [-0.2, -0.15) is 0 Å². The molecule has 3 aliphatic rings. The standard InChI is InChI=1S/C23H31N3O4/c1-4-25(5-2)21-14(3)6-10-19(21)30-16-7-8-17-15(12-16)13-26(23(17)29)18-9-11-20(27)24-22(18)28/h7-8,12,14,18-19,21H,4-6,9-11,13H2,1-3H3,(H,24,27,28)/t14?,18?,19-,21+/m0/s1. The van der Waals surface area contributed by atoms with Crippen molar-refractivity contribution in [2.75, 3.05) is 13.1 Å². The molecule has 30 heavy (non-hydrogen) atoms. The summed E-state index contributed by atoms with van der Waals surface area (Å²) < 4.78 is 6.42. The molecule has 162 valence electrons. The van der Waals surface area contributed by atoms with Crippen LogP contribution in [0, 0.1) is 5.92 Å². The zero-order valence-electron chi connectivity index (χ0n) is 18.0. The Morgan fingerprint density at radius 2 is 1.90 bits per heavy atom. The van der Waals surface area contributed by atoms with Crippen LogP contribution in [0.25, 0.3) is 0 Å². The van der Waals surface area contributed by atoms with Crippen LogP contribution in [0.5, 0.6) is 5.75 Å². The molecule has 1 aromatic carbocycles. The van der Waals surface area contributed by atoms with E-state index in [1.54, 1.807) is 4.90 Å². The average molecular weight is 414 g/mol. The monoisotopic (exact) mass is 413 g/mol. The first-order valence-electron chi connectivity index (χ1n) is 11.1. The Kier molecular flexibility index (Phi) is 5.82. The van der Waals surface area contributed by atoms with Crippen molar-refractivity contribution in [1.82, 2.24) is 15.1 Å². The van der Waals surface area contributed by atoms with Gasteiger partial charge in [-0.05, 0) is 62.0 Å².